The van der Waals surface area contributed by atoms with E-state index in [9.17, 15) is 15.0 Å². The molecule has 0 aromatic rings. The van der Waals surface area contributed by atoms with Crippen LogP contribution < -0.4 is 5.32 Å². The monoisotopic (exact) mass is 397 g/mol. The molecular formula is C24H47NO3. The Labute approximate surface area is 174 Å². The molecule has 0 heterocycles. The molecule has 0 aromatic heterocycles. The van der Waals surface area contributed by atoms with Crippen LogP contribution in [0.2, 0.25) is 0 Å². The van der Waals surface area contributed by atoms with Crippen LogP contribution >= 0.6 is 0 Å². The third-order valence-corrected chi connectivity index (χ3v) is 5.29. The standard InChI is InChI=1S/C24H47NO3/c1-3-5-7-8-9-10-11-12-13-14-15-16-18-19-23(27)22(21-26)25-24(28)20-17-6-4-2/h5,7,22-23,26-27H,3-4,6,8-21H2,1-2H3,(H,25,28)/b7-5+. The summed E-state index contributed by atoms with van der Waals surface area (Å²) in [5, 5.41) is 22.4. The summed E-state index contributed by atoms with van der Waals surface area (Å²) in [7, 11) is 0. The predicted molar refractivity (Wildman–Crippen MR) is 119 cm³/mol. The van der Waals surface area contributed by atoms with Gasteiger partial charge in [-0.05, 0) is 32.1 Å². The molecule has 166 valence electrons. The molecular weight excluding hydrogens is 350 g/mol. The van der Waals surface area contributed by atoms with Crippen LogP contribution in [0.1, 0.15) is 117 Å². The van der Waals surface area contributed by atoms with E-state index in [1.165, 1.54) is 51.4 Å². The quantitative estimate of drug-likeness (QED) is 0.183. The molecule has 0 bridgehead atoms. The SMILES string of the molecule is CC/C=C/CCCCCCCCCCCC(O)C(CO)NC(=O)CCCCC. The van der Waals surface area contributed by atoms with Crippen molar-refractivity contribution in [2.45, 2.75) is 129 Å². The summed E-state index contributed by atoms with van der Waals surface area (Å²) in [4.78, 5) is 11.8. The Kier molecular flexibility index (Phi) is 20.2. The van der Waals surface area contributed by atoms with Crippen molar-refractivity contribution in [1.82, 2.24) is 5.32 Å². The highest BCUT2D eigenvalue weighted by Gasteiger charge is 2.19. The first-order chi connectivity index (χ1) is 13.7. The third-order valence-electron chi connectivity index (χ3n) is 5.29. The Hall–Kier alpha value is -0.870. The maximum atomic E-state index is 11.8. The number of nitrogens with one attached hydrogen (secondary N) is 1. The van der Waals surface area contributed by atoms with Gasteiger partial charge < -0.3 is 15.5 Å². The summed E-state index contributed by atoms with van der Waals surface area (Å²) in [6.45, 7) is 4.08. The highest BCUT2D eigenvalue weighted by molar-refractivity contribution is 5.76. The average molecular weight is 398 g/mol. The molecule has 0 radical (unpaired) electrons. The number of aliphatic hydroxyl groups is 2. The van der Waals surface area contributed by atoms with Gasteiger partial charge in [0.05, 0.1) is 18.8 Å². The topological polar surface area (TPSA) is 69.6 Å². The van der Waals surface area contributed by atoms with Crippen molar-refractivity contribution in [2.24, 2.45) is 0 Å². The van der Waals surface area contributed by atoms with E-state index in [1.54, 1.807) is 0 Å². The van der Waals surface area contributed by atoms with Gasteiger partial charge in [0.1, 0.15) is 0 Å². The normalized spacial score (nSPS) is 13.7. The van der Waals surface area contributed by atoms with Crippen LogP contribution in [0.5, 0.6) is 0 Å². The number of aliphatic hydroxyl groups excluding tert-OH is 2. The molecule has 0 fully saturated rings. The molecule has 0 saturated heterocycles. The molecule has 28 heavy (non-hydrogen) atoms. The van der Waals surface area contributed by atoms with Crippen molar-refractivity contribution in [3.63, 3.8) is 0 Å². The number of allylic oxidation sites excluding steroid dienone is 2. The third kappa shape index (κ3) is 17.2. The predicted octanol–water partition coefficient (Wildman–Crippen LogP) is 5.66. The number of carbonyl (C=O) groups excluding carboxylic acids is 1. The van der Waals surface area contributed by atoms with E-state index in [0.717, 1.165) is 38.5 Å². The van der Waals surface area contributed by atoms with Gasteiger partial charge in [-0.1, -0.05) is 90.2 Å². The molecule has 0 saturated carbocycles. The second-order valence-corrected chi connectivity index (χ2v) is 8.02. The van der Waals surface area contributed by atoms with Crippen LogP contribution in [0.4, 0.5) is 0 Å². The smallest absolute Gasteiger partial charge is 0.220 e. The van der Waals surface area contributed by atoms with Crippen molar-refractivity contribution >= 4 is 5.91 Å². The number of hydrogen-bond donors (Lipinski definition) is 3. The lowest BCUT2D eigenvalue weighted by molar-refractivity contribution is -0.123. The fourth-order valence-corrected chi connectivity index (χ4v) is 3.42. The molecule has 0 aliphatic heterocycles. The van der Waals surface area contributed by atoms with E-state index in [0.29, 0.717) is 12.8 Å². The Morgan fingerprint density at radius 1 is 0.857 bits per heavy atom. The van der Waals surface area contributed by atoms with Crippen LogP contribution in [0.3, 0.4) is 0 Å². The van der Waals surface area contributed by atoms with Crippen molar-refractivity contribution in [3.05, 3.63) is 12.2 Å². The average Bonchev–Trinajstić information content (AvgIpc) is 2.69. The lowest BCUT2D eigenvalue weighted by atomic mass is 10.0. The fraction of sp³-hybridized carbons (Fsp3) is 0.875. The van der Waals surface area contributed by atoms with E-state index in [4.69, 9.17) is 0 Å². The minimum absolute atomic E-state index is 0.0621. The molecule has 0 aliphatic carbocycles. The summed E-state index contributed by atoms with van der Waals surface area (Å²) in [6.07, 6.45) is 21.6. The zero-order valence-corrected chi connectivity index (χ0v) is 18.6. The Morgan fingerprint density at radius 2 is 1.46 bits per heavy atom. The van der Waals surface area contributed by atoms with Gasteiger partial charge in [0, 0.05) is 6.42 Å². The summed E-state index contributed by atoms with van der Waals surface area (Å²) in [5.74, 6) is -0.0621. The molecule has 1 amide bonds. The van der Waals surface area contributed by atoms with Gasteiger partial charge >= 0.3 is 0 Å². The highest BCUT2D eigenvalue weighted by Crippen LogP contribution is 2.13. The second kappa shape index (κ2) is 20.9. The van der Waals surface area contributed by atoms with Gasteiger partial charge in [-0.25, -0.2) is 0 Å². The molecule has 0 aliphatic rings. The van der Waals surface area contributed by atoms with Crippen LogP contribution in [0, 0.1) is 0 Å². The van der Waals surface area contributed by atoms with Crippen LogP contribution in [0.25, 0.3) is 0 Å². The van der Waals surface area contributed by atoms with Crippen molar-refractivity contribution in [2.75, 3.05) is 6.61 Å². The lowest BCUT2D eigenvalue weighted by Gasteiger charge is -2.22. The van der Waals surface area contributed by atoms with Crippen molar-refractivity contribution in [3.8, 4) is 0 Å². The zero-order chi connectivity index (χ0) is 20.9. The largest absolute Gasteiger partial charge is 0.394 e. The molecule has 0 aromatic carbocycles. The molecule has 0 rings (SSSR count). The van der Waals surface area contributed by atoms with E-state index >= 15 is 0 Å². The zero-order valence-electron chi connectivity index (χ0n) is 18.6. The Bertz CT molecular complexity index is 371. The van der Waals surface area contributed by atoms with E-state index in [1.807, 2.05) is 0 Å². The molecule has 2 unspecified atom stereocenters. The van der Waals surface area contributed by atoms with Gasteiger partial charge in [-0.15, -0.1) is 0 Å². The highest BCUT2D eigenvalue weighted by atomic mass is 16.3. The Morgan fingerprint density at radius 3 is 2.04 bits per heavy atom. The van der Waals surface area contributed by atoms with Gasteiger partial charge in [0.15, 0.2) is 0 Å². The summed E-state index contributed by atoms with van der Waals surface area (Å²) in [5.41, 5.74) is 0. The minimum atomic E-state index is -0.651. The Balaban J connectivity index is 3.57. The van der Waals surface area contributed by atoms with Crippen molar-refractivity contribution < 1.29 is 15.0 Å². The first kappa shape index (κ1) is 27.1. The number of unbranched alkanes of at least 4 members (excludes halogenated alkanes) is 11. The van der Waals surface area contributed by atoms with Crippen LogP contribution in [0.15, 0.2) is 12.2 Å². The first-order valence-corrected chi connectivity index (χ1v) is 11.9. The van der Waals surface area contributed by atoms with Gasteiger partial charge in [-0.3, -0.25) is 4.79 Å². The lowest BCUT2D eigenvalue weighted by Crippen LogP contribution is -2.45. The molecule has 4 heteroatoms. The van der Waals surface area contributed by atoms with E-state index < -0.39 is 12.1 Å². The van der Waals surface area contributed by atoms with Gasteiger partial charge in [0.25, 0.3) is 0 Å². The number of amides is 1. The molecule has 2 atom stereocenters. The van der Waals surface area contributed by atoms with Crippen LogP contribution in [-0.4, -0.2) is 34.9 Å². The van der Waals surface area contributed by atoms with Gasteiger partial charge in [0.2, 0.25) is 5.91 Å². The van der Waals surface area contributed by atoms with E-state index in [2.05, 4.69) is 31.3 Å². The fourth-order valence-electron chi connectivity index (χ4n) is 3.42. The maximum Gasteiger partial charge on any atom is 0.220 e. The summed E-state index contributed by atoms with van der Waals surface area (Å²) >= 11 is 0. The number of carbonyl (C=O) groups is 1. The van der Waals surface area contributed by atoms with Gasteiger partial charge in [-0.2, -0.15) is 0 Å². The second-order valence-electron chi connectivity index (χ2n) is 8.02. The molecule has 0 spiro atoms. The molecule has 4 nitrogen and oxygen atoms in total. The summed E-state index contributed by atoms with van der Waals surface area (Å²) < 4.78 is 0. The van der Waals surface area contributed by atoms with E-state index in [-0.39, 0.29) is 12.5 Å². The van der Waals surface area contributed by atoms with Crippen LogP contribution in [-0.2, 0) is 4.79 Å². The molecule has 3 N–H and O–H groups in total. The maximum absolute atomic E-state index is 11.8. The minimum Gasteiger partial charge on any atom is -0.394 e. The van der Waals surface area contributed by atoms with Crippen molar-refractivity contribution in [1.29, 1.82) is 0 Å². The number of rotatable bonds is 20. The first-order valence-electron chi connectivity index (χ1n) is 11.9. The summed E-state index contributed by atoms with van der Waals surface area (Å²) in [6, 6.07) is -0.527. The number of hydrogen-bond acceptors (Lipinski definition) is 3.